The molecule has 1 amide bonds. The van der Waals surface area contributed by atoms with E-state index in [2.05, 4.69) is 14.8 Å². The SMILES string of the molecule is COC(CNC(=O)C(C)NS(=O)(=O)c1cccs1)C(=O)O. The smallest absolute Gasteiger partial charge is 0.334 e. The number of ether oxygens (including phenoxy) is 1. The van der Waals surface area contributed by atoms with Crippen LogP contribution in [0.5, 0.6) is 0 Å². The van der Waals surface area contributed by atoms with Gasteiger partial charge in [-0.25, -0.2) is 13.2 Å². The molecule has 0 spiro atoms. The molecular weight excluding hydrogens is 320 g/mol. The van der Waals surface area contributed by atoms with Crippen molar-refractivity contribution in [3.05, 3.63) is 17.5 Å². The number of amides is 1. The van der Waals surface area contributed by atoms with E-state index in [0.29, 0.717) is 0 Å². The molecule has 1 aromatic rings. The molecule has 0 bridgehead atoms. The number of methoxy groups -OCH3 is 1. The molecule has 0 aliphatic carbocycles. The zero-order valence-corrected chi connectivity index (χ0v) is 13.0. The maximum Gasteiger partial charge on any atom is 0.334 e. The molecule has 8 nitrogen and oxygen atoms in total. The van der Waals surface area contributed by atoms with Crippen molar-refractivity contribution in [3.8, 4) is 0 Å². The molecule has 0 radical (unpaired) electrons. The van der Waals surface area contributed by atoms with E-state index in [1.165, 1.54) is 20.1 Å². The summed E-state index contributed by atoms with van der Waals surface area (Å²) in [4.78, 5) is 22.5. The number of hydrogen-bond acceptors (Lipinski definition) is 6. The van der Waals surface area contributed by atoms with Crippen molar-refractivity contribution in [1.29, 1.82) is 0 Å². The van der Waals surface area contributed by atoms with E-state index in [1.54, 1.807) is 11.4 Å². The quantitative estimate of drug-likeness (QED) is 0.595. The van der Waals surface area contributed by atoms with Crippen molar-refractivity contribution < 1.29 is 27.9 Å². The summed E-state index contributed by atoms with van der Waals surface area (Å²) in [6, 6.07) is 1.96. The first-order chi connectivity index (χ1) is 9.77. The first-order valence-electron chi connectivity index (χ1n) is 5.87. The number of carboxylic acids is 1. The topological polar surface area (TPSA) is 122 Å². The summed E-state index contributed by atoms with van der Waals surface area (Å²) in [6.45, 7) is 1.11. The molecule has 1 rings (SSSR count). The number of sulfonamides is 1. The van der Waals surface area contributed by atoms with Gasteiger partial charge in [0, 0.05) is 7.11 Å². The van der Waals surface area contributed by atoms with Gasteiger partial charge in [-0.05, 0) is 18.4 Å². The van der Waals surface area contributed by atoms with Gasteiger partial charge in [-0.3, -0.25) is 4.79 Å². The van der Waals surface area contributed by atoms with Crippen LogP contribution >= 0.6 is 11.3 Å². The summed E-state index contributed by atoms with van der Waals surface area (Å²) in [5, 5.41) is 12.7. The minimum atomic E-state index is -3.76. The number of nitrogens with one attached hydrogen (secondary N) is 2. The largest absolute Gasteiger partial charge is 0.479 e. The molecule has 0 fully saturated rings. The number of hydrogen-bond donors (Lipinski definition) is 3. The Morgan fingerprint density at radius 3 is 2.62 bits per heavy atom. The highest BCUT2D eigenvalue weighted by molar-refractivity contribution is 7.91. The van der Waals surface area contributed by atoms with Gasteiger partial charge in [0.25, 0.3) is 10.0 Å². The van der Waals surface area contributed by atoms with Crippen LogP contribution in [0.15, 0.2) is 21.7 Å². The minimum Gasteiger partial charge on any atom is -0.479 e. The van der Waals surface area contributed by atoms with Gasteiger partial charge in [0.2, 0.25) is 5.91 Å². The Morgan fingerprint density at radius 1 is 1.48 bits per heavy atom. The fraction of sp³-hybridized carbons (Fsp3) is 0.455. The number of thiophene rings is 1. The van der Waals surface area contributed by atoms with Crippen LogP contribution in [0, 0.1) is 0 Å². The molecule has 118 valence electrons. The lowest BCUT2D eigenvalue weighted by Gasteiger charge is -2.16. The average Bonchev–Trinajstić information content (AvgIpc) is 2.92. The van der Waals surface area contributed by atoms with Gasteiger partial charge < -0.3 is 15.2 Å². The van der Waals surface area contributed by atoms with Crippen molar-refractivity contribution >= 4 is 33.2 Å². The van der Waals surface area contributed by atoms with Gasteiger partial charge in [-0.15, -0.1) is 11.3 Å². The number of carbonyl (C=O) groups is 2. The van der Waals surface area contributed by atoms with Crippen LogP contribution < -0.4 is 10.0 Å². The highest BCUT2D eigenvalue weighted by Crippen LogP contribution is 2.15. The number of carbonyl (C=O) groups excluding carboxylic acids is 1. The summed E-state index contributed by atoms with van der Waals surface area (Å²) < 4.78 is 30.8. The van der Waals surface area contributed by atoms with Gasteiger partial charge in [0.15, 0.2) is 6.10 Å². The maximum absolute atomic E-state index is 11.9. The van der Waals surface area contributed by atoms with E-state index in [4.69, 9.17) is 5.11 Å². The molecule has 0 aliphatic heterocycles. The molecule has 2 atom stereocenters. The molecule has 2 unspecified atom stereocenters. The van der Waals surface area contributed by atoms with Crippen LogP contribution in [-0.4, -0.2) is 51.2 Å². The molecule has 0 saturated heterocycles. The van der Waals surface area contributed by atoms with Crippen LogP contribution in [0.1, 0.15) is 6.92 Å². The van der Waals surface area contributed by atoms with Gasteiger partial charge in [0.05, 0.1) is 12.6 Å². The van der Waals surface area contributed by atoms with E-state index < -0.39 is 34.0 Å². The van der Waals surface area contributed by atoms with Crippen molar-refractivity contribution in [2.24, 2.45) is 0 Å². The van der Waals surface area contributed by atoms with Crippen LogP contribution in [0.25, 0.3) is 0 Å². The first kappa shape index (κ1) is 17.6. The van der Waals surface area contributed by atoms with E-state index in [-0.39, 0.29) is 10.8 Å². The predicted molar refractivity (Wildman–Crippen MR) is 75.5 cm³/mol. The van der Waals surface area contributed by atoms with E-state index >= 15 is 0 Å². The number of rotatable bonds is 8. The Bertz CT molecular complexity index is 584. The Morgan fingerprint density at radius 2 is 2.14 bits per heavy atom. The molecule has 0 aliphatic rings. The molecule has 1 heterocycles. The molecule has 1 aromatic heterocycles. The lowest BCUT2D eigenvalue weighted by Crippen LogP contribution is -2.47. The summed E-state index contributed by atoms with van der Waals surface area (Å²) in [5.74, 6) is -1.86. The Labute approximate surface area is 126 Å². The predicted octanol–water partition coefficient (Wildman–Crippen LogP) is -0.369. The Kier molecular flexibility index (Phi) is 6.27. The second-order valence-electron chi connectivity index (χ2n) is 4.08. The average molecular weight is 336 g/mol. The zero-order chi connectivity index (χ0) is 16.0. The van der Waals surface area contributed by atoms with Crippen LogP contribution in [0.3, 0.4) is 0 Å². The van der Waals surface area contributed by atoms with Crippen molar-refractivity contribution in [2.45, 2.75) is 23.3 Å². The summed E-state index contributed by atoms with van der Waals surface area (Å²) in [7, 11) is -2.56. The van der Waals surface area contributed by atoms with Crippen molar-refractivity contribution in [1.82, 2.24) is 10.0 Å². The molecule has 0 aromatic carbocycles. The van der Waals surface area contributed by atoms with Crippen LogP contribution in [0.4, 0.5) is 0 Å². The number of carboxylic acid groups (broad SMARTS) is 1. The third-order valence-electron chi connectivity index (χ3n) is 2.51. The second kappa shape index (κ2) is 7.50. The van der Waals surface area contributed by atoms with Gasteiger partial charge >= 0.3 is 5.97 Å². The third kappa shape index (κ3) is 5.08. The zero-order valence-electron chi connectivity index (χ0n) is 11.4. The molecule has 10 heteroatoms. The van der Waals surface area contributed by atoms with E-state index in [0.717, 1.165) is 11.3 Å². The standard InChI is InChI=1S/C11H16N2O6S2/c1-7(10(14)12-6-8(19-2)11(15)16)13-21(17,18)9-4-3-5-20-9/h3-5,7-8,13H,6H2,1-2H3,(H,12,14)(H,15,16). The molecule has 21 heavy (non-hydrogen) atoms. The monoisotopic (exact) mass is 336 g/mol. The fourth-order valence-corrected chi connectivity index (χ4v) is 3.59. The lowest BCUT2D eigenvalue weighted by atomic mass is 10.3. The summed E-state index contributed by atoms with van der Waals surface area (Å²) >= 11 is 1.03. The van der Waals surface area contributed by atoms with Crippen molar-refractivity contribution in [2.75, 3.05) is 13.7 Å². The van der Waals surface area contributed by atoms with E-state index in [9.17, 15) is 18.0 Å². The first-order valence-corrected chi connectivity index (χ1v) is 8.23. The Hall–Kier alpha value is -1.49. The second-order valence-corrected chi connectivity index (χ2v) is 6.97. The molecular formula is C11H16N2O6S2. The Balaban J connectivity index is 2.57. The summed E-state index contributed by atoms with van der Waals surface area (Å²) in [5.41, 5.74) is 0. The molecule has 0 saturated carbocycles. The van der Waals surface area contributed by atoms with Gasteiger partial charge in [-0.1, -0.05) is 6.07 Å². The van der Waals surface area contributed by atoms with Crippen LogP contribution in [-0.2, 0) is 24.3 Å². The number of aliphatic carboxylic acids is 1. The third-order valence-corrected chi connectivity index (χ3v) is 5.44. The lowest BCUT2D eigenvalue weighted by molar-refractivity contribution is -0.148. The normalized spacial score (nSPS) is 14.4. The van der Waals surface area contributed by atoms with Crippen molar-refractivity contribution in [3.63, 3.8) is 0 Å². The summed E-state index contributed by atoms with van der Waals surface area (Å²) in [6.07, 6.45) is -1.19. The minimum absolute atomic E-state index is 0.0995. The fourth-order valence-electron chi connectivity index (χ4n) is 1.38. The highest BCUT2D eigenvalue weighted by atomic mass is 32.2. The maximum atomic E-state index is 11.9. The molecule has 3 N–H and O–H groups in total. The highest BCUT2D eigenvalue weighted by Gasteiger charge is 2.24. The van der Waals surface area contributed by atoms with Gasteiger partial charge in [0.1, 0.15) is 4.21 Å². The van der Waals surface area contributed by atoms with E-state index in [1.807, 2.05) is 0 Å². The van der Waals surface area contributed by atoms with Gasteiger partial charge in [-0.2, -0.15) is 4.72 Å². The van der Waals surface area contributed by atoms with Crippen LogP contribution in [0.2, 0.25) is 0 Å².